The van der Waals surface area contributed by atoms with E-state index < -0.39 is 6.48 Å². The fourth-order valence-electron chi connectivity index (χ4n) is 3.38. The highest BCUT2D eigenvalue weighted by molar-refractivity contribution is 5.14. The molecule has 1 aromatic rings. The Bertz CT molecular complexity index is 498. The molecule has 5 rings (SSSR count). The van der Waals surface area contributed by atoms with Gasteiger partial charge in [-0.15, -0.1) is 0 Å². The van der Waals surface area contributed by atoms with Crippen LogP contribution >= 0.6 is 0 Å². The predicted octanol–water partition coefficient (Wildman–Crippen LogP) is 0.394. The van der Waals surface area contributed by atoms with Gasteiger partial charge in [0.25, 0.3) is 6.48 Å². The molecular formula is C15H19NO5. The largest absolute Gasteiger partial charge is 0.376 e. The molecule has 21 heavy (non-hydrogen) atoms. The quantitative estimate of drug-likeness (QED) is 0.866. The van der Waals surface area contributed by atoms with E-state index in [1.165, 1.54) is 0 Å². The highest BCUT2D eigenvalue weighted by Crippen LogP contribution is 2.41. The summed E-state index contributed by atoms with van der Waals surface area (Å²) in [6.45, 7) is -0.155. The molecule has 3 saturated heterocycles. The van der Waals surface area contributed by atoms with E-state index >= 15 is 0 Å². The molecule has 114 valence electrons. The molecular weight excluding hydrogens is 274 g/mol. The third-order valence-electron chi connectivity index (χ3n) is 4.42. The molecule has 6 nitrogen and oxygen atoms in total. The summed E-state index contributed by atoms with van der Waals surface area (Å²) < 4.78 is 28.6. The second-order valence-electron chi connectivity index (χ2n) is 5.63. The van der Waals surface area contributed by atoms with Gasteiger partial charge in [0.15, 0.2) is 0 Å². The maximum Gasteiger partial charge on any atom is 0.272 e. The normalized spacial score (nSPS) is 44.2. The van der Waals surface area contributed by atoms with E-state index in [2.05, 4.69) is 0 Å². The molecule has 4 aliphatic rings. The number of benzene rings is 1. The Morgan fingerprint density at radius 3 is 2.38 bits per heavy atom. The van der Waals surface area contributed by atoms with E-state index in [1.54, 1.807) is 7.11 Å². The van der Waals surface area contributed by atoms with Gasteiger partial charge >= 0.3 is 0 Å². The Balaban J connectivity index is 1.52. The third kappa shape index (κ3) is 2.19. The summed E-state index contributed by atoms with van der Waals surface area (Å²) >= 11 is 0. The van der Waals surface area contributed by atoms with Gasteiger partial charge in [-0.1, -0.05) is 30.3 Å². The van der Waals surface area contributed by atoms with Crippen LogP contribution in [0.25, 0.3) is 0 Å². The van der Waals surface area contributed by atoms with Crippen molar-refractivity contribution in [1.82, 2.24) is 0 Å². The molecule has 0 amide bonds. The minimum atomic E-state index is -0.646. The third-order valence-corrected chi connectivity index (χ3v) is 4.42. The zero-order valence-electron chi connectivity index (χ0n) is 11.8. The first-order valence-electron chi connectivity index (χ1n) is 7.18. The van der Waals surface area contributed by atoms with E-state index in [0.29, 0.717) is 6.61 Å². The molecule has 0 radical (unpaired) electrons. The van der Waals surface area contributed by atoms with Crippen molar-refractivity contribution in [1.29, 1.82) is 0 Å². The molecule has 6 heteroatoms. The molecule has 3 heterocycles. The Kier molecular flexibility index (Phi) is 3.45. The van der Waals surface area contributed by atoms with E-state index in [1.807, 2.05) is 30.3 Å². The average Bonchev–Trinajstić information content (AvgIpc) is 2.52. The van der Waals surface area contributed by atoms with Gasteiger partial charge in [0.05, 0.1) is 12.6 Å². The van der Waals surface area contributed by atoms with Crippen molar-refractivity contribution in [2.24, 2.45) is 5.73 Å². The van der Waals surface area contributed by atoms with E-state index in [0.717, 1.165) is 5.56 Å². The predicted molar refractivity (Wildman–Crippen MR) is 72.2 cm³/mol. The summed E-state index contributed by atoms with van der Waals surface area (Å²) in [5, 5.41) is 0. The van der Waals surface area contributed by atoms with Crippen LogP contribution in [0, 0.1) is 0 Å². The van der Waals surface area contributed by atoms with E-state index in [9.17, 15) is 0 Å². The number of methoxy groups -OCH3 is 1. The van der Waals surface area contributed by atoms with Crippen LogP contribution in [0.2, 0.25) is 0 Å². The van der Waals surface area contributed by atoms with Crippen molar-refractivity contribution in [2.45, 2.75) is 49.6 Å². The van der Waals surface area contributed by atoms with Gasteiger partial charge in [-0.25, -0.2) is 0 Å². The second kappa shape index (κ2) is 5.31. The lowest BCUT2D eigenvalue weighted by molar-refractivity contribution is -0.471. The number of ether oxygens (including phenoxy) is 5. The molecule has 1 saturated carbocycles. The first-order valence-corrected chi connectivity index (χ1v) is 7.18. The summed E-state index contributed by atoms with van der Waals surface area (Å²) in [5.41, 5.74) is 7.33. The lowest BCUT2D eigenvalue weighted by Crippen LogP contribution is -2.77. The minimum Gasteiger partial charge on any atom is -0.376 e. The molecule has 4 bridgehead atoms. The SMILES string of the molecule is CO[C@H]1[C@H]2O[C@H]3O[C@@H]1[C@@H](N)[C@@H](O3)[C@H]2OCc1ccccc1. The molecule has 4 fully saturated rings. The first-order chi connectivity index (χ1) is 10.3. The summed E-state index contributed by atoms with van der Waals surface area (Å²) in [6.07, 6.45) is -1.10. The number of rotatable bonds is 4. The Morgan fingerprint density at radius 2 is 1.67 bits per heavy atom. The van der Waals surface area contributed by atoms with Crippen LogP contribution in [-0.4, -0.2) is 50.1 Å². The maximum atomic E-state index is 6.23. The topological polar surface area (TPSA) is 72.2 Å². The minimum absolute atomic E-state index is 0.200. The van der Waals surface area contributed by atoms with Crippen LogP contribution in [0.1, 0.15) is 5.56 Å². The van der Waals surface area contributed by atoms with Crippen LogP contribution < -0.4 is 5.73 Å². The van der Waals surface area contributed by atoms with Crippen molar-refractivity contribution >= 4 is 0 Å². The maximum absolute atomic E-state index is 6.23. The highest BCUT2D eigenvalue weighted by atomic mass is 16.9. The Labute approximate surface area is 123 Å². The zero-order chi connectivity index (χ0) is 14.4. The Hall–Kier alpha value is -1.02. The highest BCUT2D eigenvalue weighted by Gasteiger charge is 2.61. The van der Waals surface area contributed by atoms with Crippen LogP contribution in [0.5, 0.6) is 0 Å². The zero-order valence-corrected chi connectivity index (χ0v) is 11.8. The van der Waals surface area contributed by atoms with Gasteiger partial charge in [0.2, 0.25) is 0 Å². The van der Waals surface area contributed by atoms with Crippen molar-refractivity contribution < 1.29 is 23.7 Å². The summed E-state index contributed by atoms with van der Waals surface area (Å²) in [4.78, 5) is 0. The average molecular weight is 293 g/mol. The van der Waals surface area contributed by atoms with Crippen LogP contribution in [0.15, 0.2) is 30.3 Å². The molecule has 0 spiro atoms. The molecule has 1 aliphatic carbocycles. The second-order valence-corrected chi connectivity index (χ2v) is 5.63. The summed E-state index contributed by atoms with van der Waals surface area (Å²) in [6, 6.07) is 9.73. The number of nitrogens with two attached hydrogens (primary N) is 1. The van der Waals surface area contributed by atoms with Crippen LogP contribution in [-0.2, 0) is 30.3 Å². The van der Waals surface area contributed by atoms with Crippen molar-refractivity contribution in [3.8, 4) is 0 Å². The number of hydrogen-bond donors (Lipinski definition) is 1. The molecule has 0 unspecified atom stereocenters. The van der Waals surface area contributed by atoms with Crippen LogP contribution in [0.4, 0.5) is 0 Å². The smallest absolute Gasteiger partial charge is 0.272 e. The molecule has 7 atom stereocenters. The monoisotopic (exact) mass is 293 g/mol. The molecule has 2 N–H and O–H groups in total. The lowest BCUT2D eigenvalue weighted by atomic mass is 9.81. The molecule has 0 aromatic heterocycles. The van der Waals surface area contributed by atoms with Gasteiger partial charge in [0.1, 0.15) is 30.5 Å². The molecule has 3 aliphatic heterocycles. The van der Waals surface area contributed by atoms with E-state index in [4.69, 9.17) is 29.4 Å². The lowest BCUT2D eigenvalue weighted by Gasteiger charge is -2.58. The summed E-state index contributed by atoms with van der Waals surface area (Å²) in [5.74, 6) is 0. The van der Waals surface area contributed by atoms with E-state index in [-0.39, 0.29) is 36.6 Å². The molecule has 1 aromatic carbocycles. The van der Waals surface area contributed by atoms with Gasteiger partial charge in [-0.2, -0.15) is 0 Å². The fraction of sp³-hybridized carbons (Fsp3) is 0.600. The first kappa shape index (κ1) is 13.6. The van der Waals surface area contributed by atoms with Gasteiger partial charge in [-0.05, 0) is 5.56 Å². The van der Waals surface area contributed by atoms with Crippen molar-refractivity contribution in [3.05, 3.63) is 35.9 Å². The van der Waals surface area contributed by atoms with Gasteiger partial charge in [0, 0.05) is 7.11 Å². The van der Waals surface area contributed by atoms with Crippen molar-refractivity contribution in [2.75, 3.05) is 7.11 Å². The van der Waals surface area contributed by atoms with Gasteiger partial charge in [-0.3, -0.25) is 0 Å². The summed E-state index contributed by atoms with van der Waals surface area (Å²) in [7, 11) is 1.64. The standard InChI is InChI=1S/C15H19NO5/c1-17-12-10-9(16)11-13(14(12)21-15(19-10)20-11)18-7-8-5-3-2-4-6-8/h2-6,9-15H,7,16H2,1H3/t9-,10-,11-,12-,13-,14-,15+/m1/s1. The number of hydrogen-bond acceptors (Lipinski definition) is 6. The van der Waals surface area contributed by atoms with Crippen molar-refractivity contribution in [3.63, 3.8) is 0 Å². The van der Waals surface area contributed by atoms with Crippen LogP contribution in [0.3, 0.4) is 0 Å². The fourth-order valence-corrected chi connectivity index (χ4v) is 3.38. The Morgan fingerprint density at radius 1 is 1.00 bits per heavy atom. The van der Waals surface area contributed by atoms with Gasteiger partial charge < -0.3 is 29.4 Å².